The van der Waals surface area contributed by atoms with E-state index in [2.05, 4.69) is 14.9 Å². The zero-order chi connectivity index (χ0) is 9.68. The maximum absolute atomic E-state index is 11.5. The molecule has 1 amide bonds. The summed E-state index contributed by atoms with van der Waals surface area (Å²) in [6.45, 7) is 4.03. The highest BCUT2D eigenvalue weighted by Gasteiger charge is 2.14. The van der Waals surface area contributed by atoms with E-state index < -0.39 is 0 Å². The standard InChI is InChI=1S/C8H13N3OS/c1-3-6(4-2)8(12)10-7-5-9-11-13-7/h5-6H,3-4H2,1-2H3,(H,10,12). The van der Waals surface area contributed by atoms with Crippen molar-refractivity contribution in [3.8, 4) is 0 Å². The lowest BCUT2D eigenvalue weighted by Crippen LogP contribution is -2.20. The van der Waals surface area contributed by atoms with Crippen molar-refractivity contribution in [2.24, 2.45) is 5.92 Å². The van der Waals surface area contributed by atoms with Gasteiger partial charge in [-0.05, 0) is 12.8 Å². The van der Waals surface area contributed by atoms with E-state index in [1.165, 1.54) is 11.5 Å². The van der Waals surface area contributed by atoms with Crippen LogP contribution in [0.15, 0.2) is 6.20 Å². The average molecular weight is 199 g/mol. The molecule has 0 spiro atoms. The molecule has 1 rings (SSSR count). The average Bonchev–Trinajstić information content (AvgIpc) is 2.59. The van der Waals surface area contributed by atoms with Crippen molar-refractivity contribution in [2.45, 2.75) is 26.7 Å². The van der Waals surface area contributed by atoms with E-state index in [4.69, 9.17) is 0 Å². The zero-order valence-electron chi connectivity index (χ0n) is 7.78. The summed E-state index contributed by atoms with van der Waals surface area (Å²) in [7, 11) is 0. The number of hydrogen-bond donors (Lipinski definition) is 1. The van der Waals surface area contributed by atoms with Gasteiger partial charge in [-0.25, -0.2) is 0 Å². The fourth-order valence-corrected chi connectivity index (χ4v) is 1.53. The van der Waals surface area contributed by atoms with E-state index in [0.717, 1.165) is 17.8 Å². The van der Waals surface area contributed by atoms with Crippen LogP contribution in [0.3, 0.4) is 0 Å². The van der Waals surface area contributed by atoms with Crippen LogP contribution in [-0.2, 0) is 4.79 Å². The third kappa shape index (κ3) is 2.77. The smallest absolute Gasteiger partial charge is 0.228 e. The molecule has 0 saturated heterocycles. The molecule has 0 atom stereocenters. The summed E-state index contributed by atoms with van der Waals surface area (Å²) in [5.74, 6) is 0.165. The Kier molecular flexibility index (Phi) is 3.82. The van der Waals surface area contributed by atoms with Gasteiger partial charge in [0, 0.05) is 17.5 Å². The van der Waals surface area contributed by atoms with Crippen molar-refractivity contribution < 1.29 is 4.79 Å². The minimum absolute atomic E-state index is 0.0658. The first kappa shape index (κ1) is 10.1. The van der Waals surface area contributed by atoms with Crippen LogP contribution in [-0.4, -0.2) is 15.5 Å². The largest absolute Gasteiger partial charge is 0.315 e. The van der Waals surface area contributed by atoms with Crippen LogP contribution in [0.4, 0.5) is 5.00 Å². The summed E-state index contributed by atoms with van der Waals surface area (Å²) >= 11 is 1.20. The quantitative estimate of drug-likeness (QED) is 0.806. The Bertz CT molecular complexity index is 256. The molecule has 5 heteroatoms. The molecule has 0 aliphatic rings. The number of rotatable bonds is 4. The van der Waals surface area contributed by atoms with Crippen molar-refractivity contribution in [2.75, 3.05) is 5.32 Å². The highest BCUT2D eigenvalue weighted by Crippen LogP contribution is 2.14. The number of hydrogen-bond acceptors (Lipinski definition) is 4. The molecule has 0 bridgehead atoms. The van der Waals surface area contributed by atoms with Crippen molar-refractivity contribution in [3.05, 3.63) is 6.20 Å². The van der Waals surface area contributed by atoms with Crippen molar-refractivity contribution in [1.82, 2.24) is 9.59 Å². The van der Waals surface area contributed by atoms with E-state index in [1.54, 1.807) is 6.20 Å². The van der Waals surface area contributed by atoms with Crippen LogP contribution in [0.2, 0.25) is 0 Å². The number of aromatic nitrogens is 2. The zero-order valence-corrected chi connectivity index (χ0v) is 8.60. The molecular weight excluding hydrogens is 186 g/mol. The van der Waals surface area contributed by atoms with Gasteiger partial charge in [0.05, 0.1) is 6.20 Å². The predicted octanol–water partition coefficient (Wildman–Crippen LogP) is 1.91. The number of nitrogens with one attached hydrogen (secondary N) is 1. The Hall–Kier alpha value is -0.970. The van der Waals surface area contributed by atoms with Crippen LogP contribution < -0.4 is 5.32 Å². The van der Waals surface area contributed by atoms with Crippen LogP contribution >= 0.6 is 11.5 Å². The van der Waals surface area contributed by atoms with Gasteiger partial charge in [0.25, 0.3) is 0 Å². The molecule has 1 N–H and O–H groups in total. The molecule has 0 unspecified atom stereocenters. The summed E-state index contributed by atoms with van der Waals surface area (Å²) in [4.78, 5) is 11.5. The van der Waals surface area contributed by atoms with E-state index in [9.17, 15) is 4.79 Å². The van der Waals surface area contributed by atoms with Gasteiger partial charge in [-0.2, -0.15) is 0 Å². The minimum Gasteiger partial charge on any atom is -0.315 e. The minimum atomic E-state index is 0.0658. The Labute approximate surface area is 81.5 Å². The highest BCUT2D eigenvalue weighted by molar-refractivity contribution is 7.10. The number of nitrogens with zero attached hydrogens (tertiary/aromatic N) is 2. The molecule has 0 aromatic carbocycles. The molecule has 0 fully saturated rings. The molecule has 1 aromatic rings. The third-order valence-corrected chi connectivity index (χ3v) is 2.54. The lowest BCUT2D eigenvalue weighted by atomic mass is 10.0. The van der Waals surface area contributed by atoms with Crippen LogP contribution in [0, 0.1) is 5.92 Å². The molecule has 0 aliphatic carbocycles. The van der Waals surface area contributed by atoms with Crippen molar-refractivity contribution in [3.63, 3.8) is 0 Å². The molecule has 1 aromatic heterocycles. The van der Waals surface area contributed by atoms with Gasteiger partial charge in [0.2, 0.25) is 5.91 Å². The van der Waals surface area contributed by atoms with Gasteiger partial charge >= 0.3 is 0 Å². The lowest BCUT2D eigenvalue weighted by Gasteiger charge is -2.10. The molecule has 0 aliphatic heterocycles. The number of carbonyl (C=O) groups excluding carboxylic acids is 1. The van der Waals surface area contributed by atoms with Gasteiger partial charge in [-0.3, -0.25) is 4.79 Å². The van der Waals surface area contributed by atoms with E-state index in [0.29, 0.717) is 0 Å². The summed E-state index contributed by atoms with van der Waals surface area (Å²) in [5.41, 5.74) is 0. The lowest BCUT2D eigenvalue weighted by molar-refractivity contribution is -0.120. The van der Waals surface area contributed by atoms with Gasteiger partial charge < -0.3 is 5.32 Å². The Morgan fingerprint density at radius 2 is 2.31 bits per heavy atom. The second kappa shape index (κ2) is 4.91. The Morgan fingerprint density at radius 1 is 1.62 bits per heavy atom. The second-order valence-corrected chi connectivity index (χ2v) is 3.57. The molecule has 0 radical (unpaired) electrons. The molecule has 1 heterocycles. The van der Waals surface area contributed by atoms with E-state index in [-0.39, 0.29) is 11.8 Å². The molecule has 0 saturated carbocycles. The van der Waals surface area contributed by atoms with Gasteiger partial charge in [-0.1, -0.05) is 18.3 Å². The molecule has 4 nitrogen and oxygen atoms in total. The molecule has 72 valence electrons. The topological polar surface area (TPSA) is 54.9 Å². The van der Waals surface area contributed by atoms with Crippen LogP contribution in [0.5, 0.6) is 0 Å². The first-order valence-electron chi connectivity index (χ1n) is 4.36. The van der Waals surface area contributed by atoms with Gasteiger partial charge in [-0.15, -0.1) is 5.10 Å². The van der Waals surface area contributed by atoms with Gasteiger partial charge in [0.15, 0.2) is 0 Å². The Balaban J connectivity index is 2.49. The Morgan fingerprint density at radius 3 is 2.77 bits per heavy atom. The first-order chi connectivity index (χ1) is 6.27. The molecule has 13 heavy (non-hydrogen) atoms. The number of amides is 1. The summed E-state index contributed by atoms with van der Waals surface area (Å²) < 4.78 is 3.66. The SMILES string of the molecule is CCC(CC)C(=O)Nc1cnns1. The fourth-order valence-electron chi connectivity index (χ4n) is 1.11. The third-order valence-electron chi connectivity index (χ3n) is 1.96. The van der Waals surface area contributed by atoms with Crippen molar-refractivity contribution in [1.29, 1.82) is 0 Å². The second-order valence-electron chi connectivity index (χ2n) is 2.78. The monoisotopic (exact) mass is 199 g/mol. The summed E-state index contributed by atoms with van der Waals surface area (Å²) in [6, 6.07) is 0. The summed E-state index contributed by atoms with van der Waals surface area (Å²) in [6.07, 6.45) is 3.30. The number of carbonyl (C=O) groups is 1. The van der Waals surface area contributed by atoms with E-state index >= 15 is 0 Å². The van der Waals surface area contributed by atoms with Crippen LogP contribution in [0.25, 0.3) is 0 Å². The fraction of sp³-hybridized carbons (Fsp3) is 0.625. The predicted molar refractivity (Wildman–Crippen MR) is 52.6 cm³/mol. The van der Waals surface area contributed by atoms with Crippen LogP contribution in [0.1, 0.15) is 26.7 Å². The number of anilines is 1. The van der Waals surface area contributed by atoms with E-state index in [1.807, 2.05) is 13.8 Å². The maximum Gasteiger partial charge on any atom is 0.228 e. The maximum atomic E-state index is 11.5. The van der Waals surface area contributed by atoms with Gasteiger partial charge in [0.1, 0.15) is 5.00 Å². The summed E-state index contributed by atoms with van der Waals surface area (Å²) in [5, 5.41) is 7.14. The highest BCUT2D eigenvalue weighted by atomic mass is 32.1. The normalized spacial score (nSPS) is 10.4. The first-order valence-corrected chi connectivity index (χ1v) is 5.13. The molecular formula is C8H13N3OS. The van der Waals surface area contributed by atoms with Crippen molar-refractivity contribution >= 4 is 22.4 Å².